The summed E-state index contributed by atoms with van der Waals surface area (Å²) in [5.41, 5.74) is 0. The van der Waals surface area contributed by atoms with Crippen molar-refractivity contribution in [3.05, 3.63) is 122 Å². The molecule has 0 heterocycles. The van der Waals surface area contributed by atoms with Crippen LogP contribution in [0.2, 0.25) is 0 Å². The number of hydrogen-bond acceptors (Lipinski definition) is 6. The molecule has 0 bridgehead atoms. The van der Waals surface area contributed by atoms with E-state index in [1.807, 2.05) is 27.2 Å². The Morgan fingerprint density at radius 2 is 0.729 bits per heavy atom. The summed E-state index contributed by atoms with van der Waals surface area (Å²) in [4.78, 5) is 25.6. The van der Waals surface area contributed by atoms with Gasteiger partial charge < -0.3 is 28.8 Å². The molecule has 0 saturated carbocycles. The zero-order valence-corrected chi connectivity index (χ0v) is 56.9. The van der Waals surface area contributed by atoms with E-state index in [1.54, 1.807) is 6.08 Å². The first-order chi connectivity index (χ1) is 41.5. The Bertz CT molecular complexity index is 1800. The predicted molar refractivity (Wildman–Crippen MR) is 371 cm³/mol. The number of carbonyl (C=O) groups is 1. The molecule has 0 aliphatic rings. The molecule has 8 nitrogen and oxygen atoms in total. The lowest BCUT2D eigenvalue weighted by Gasteiger charge is -2.29. The molecule has 490 valence electrons. The Labute approximate surface area is 526 Å². The third-order valence-corrected chi connectivity index (χ3v) is 16.3. The first kappa shape index (κ1) is 81.9. The van der Waals surface area contributed by atoms with Crippen LogP contribution in [0.4, 0.5) is 0 Å². The lowest BCUT2D eigenvalue weighted by Crippen LogP contribution is -2.45. The fourth-order valence-corrected chi connectivity index (χ4v) is 10.7. The minimum Gasteiger partial charge on any atom is -0.756 e. The molecule has 0 fully saturated rings. The number of phosphoric acid groups is 1. The number of amides is 1. The number of aliphatic hydroxyl groups excluding tert-OH is 1. The molecular formula is C76H135N2O6P. The Kier molecular flexibility index (Phi) is 63.0. The summed E-state index contributed by atoms with van der Waals surface area (Å²) in [5, 5.41) is 13.9. The molecule has 0 spiro atoms. The maximum Gasteiger partial charge on any atom is 0.268 e. The van der Waals surface area contributed by atoms with E-state index >= 15 is 0 Å². The number of quaternary nitrogens is 1. The van der Waals surface area contributed by atoms with Gasteiger partial charge in [-0.3, -0.25) is 9.36 Å². The summed E-state index contributed by atoms with van der Waals surface area (Å²) < 4.78 is 23.4. The topological polar surface area (TPSA) is 108 Å². The largest absolute Gasteiger partial charge is 0.756 e. The number of unbranched alkanes of at least 4 members (excludes halogenated alkanes) is 33. The van der Waals surface area contributed by atoms with Gasteiger partial charge in [0.1, 0.15) is 13.2 Å². The van der Waals surface area contributed by atoms with Gasteiger partial charge in [0.15, 0.2) is 0 Å². The molecule has 9 heteroatoms. The third-order valence-electron chi connectivity index (χ3n) is 15.4. The van der Waals surface area contributed by atoms with Gasteiger partial charge in [-0.05, 0) is 103 Å². The molecule has 1 amide bonds. The Morgan fingerprint density at radius 3 is 1.09 bits per heavy atom. The Morgan fingerprint density at radius 1 is 0.424 bits per heavy atom. The van der Waals surface area contributed by atoms with Crippen LogP contribution in [0.15, 0.2) is 122 Å². The minimum atomic E-state index is -4.62. The number of phosphoric ester groups is 1. The van der Waals surface area contributed by atoms with E-state index in [2.05, 4.69) is 129 Å². The van der Waals surface area contributed by atoms with E-state index in [1.165, 1.54) is 193 Å². The van der Waals surface area contributed by atoms with Crippen LogP contribution in [0.3, 0.4) is 0 Å². The van der Waals surface area contributed by atoms with Crippen molar-refractivity contribution in [3.63, 3.8) is 0 Å². The normalized spacial score (nSPS) is 14.4. The van der Waals surface area contributed by atoms with Crippen molar-refractivity contribution < 1.29 is 32.9 Å². The molecule has 0 rings (SSSR count). The standard InChI is InChI=1S/C76H135N2O6P/c1-6-8-10-12-14-16-18-20-22-24-26-28-30-32-33-34-35-36-37-38-39-40-41-42-43-44-45-46-48-50-52-54-56-58-60-62-64-66-68-70-76(80)77-74(73-84-85(81,82)83-72-71-78(3,4)5)75(79)69-67-65-63-61-59-57-55-53-51-49-47-31-29-27-25-23-21-19-17-15-13-11-9-7-2/h8,10,14,16,20,22,26,28,32-33,35-36,38-39,51,53,59,61,67,69,74-75,79H,6-7,9,11-13,15,17-19,21,23-25,27,29-31,34,37,40-50,52,54-58,60,62-66,68,70-73H2,1-5H3,(H-,77,80,81,82)/b10-8-,16-14-,22-20-,28-26-,33-32-,36-35-,39-38-,53-51+,61-59+,69-67+. The number of hydrogen-bond donors (Lipinski definition) is 2. The molecule has 2 N–H and O–H groups in total. The van der Waals surface area contributed by atoms with Crippen LogP contribution in [0.1, 0.15) is 303 Å². The van der Waals surface area contributed by atoms with Crippen molar-refractivity contribution in [3.8, 4) is 0 Å². The van der Waals surface area contributed by atoms with Crippen molar-refractivity contribution in [1.82, 2.24) is 5.32 Å². The van der Waals surface area contributed by atoms with Crippen molar-refractivity contribution in [2.45, 2.75) is 315 Å². The van der Waals surface area contributed by atoms with Gasteiger partial charge in [0.25, 0.3) is 7.82 Å². The molecule has 85 heavy (non-hydrogen) atoms. The molecule has 3 unspecified atom stereocenters. The van der Waals surface area contributed by atoms with Crippen LogP contribution in [0.25, 0.3) is 0 Å². The molecule has 0 aliphatic carbocycles. The number of nitrogens with one attached hydrogen (secondary N) is 1. The lowest BCUT2D eigenvalue weighted by molar-refractivity contribution is -0.870. The van der Waals surface area contributed by atoms with Crippen LogP contribution >= 0.6 is 7.82 Å². The first-order valence-corrected chi connectivity index (χ1v) is 36.9. The van der Waals surface area contributed by atoms with Crippen molar-refractivity contribution in [1.29, 1.82) is 0 Å². The van der Waals surface area contributed by atoms with Crippen molar-refractivity contribution >= 4 is 13.7 Å². The van der Waals surface area contributed by atoms with Crippen LogP contribution in [-0.4, -0.2) is 68.5 Å². The summed E-state index contributed by atoms with van der Waals surface area (Å²) in [5.74, 6) is -0.211. The number of nitrogens with zero attached hydrogens (tertiary/aromatic N) is 1. The molecular weight excluding hydrogens is 1070 g/mol. The van der Waals surface area contributed by atoms with Gasteiger partial charge in [-0.2, -0.15) is 0 Å². The SMILES string of the molecule is CC/C=C\C/C=C\C/C=C\C/C=C\C/C=C\C/C=C\C/C=C\CCCCCCCCCCCCCCCCCCCC(=O)NC(COP(=O)([O-])OCC[N+](C)(C)C)C(O)/C=C/CC/C=C/CC/C=C/CCCCCCCCCCCCCCCC. The molecule has 0 aliphatic heterocycles. The smallest absolute Gasteiger partial charge is 0.268 e. The van der Waals surface area contributed by atoms with Gasteiger partial charge >= 0.3 is 0 Å². The zero-order chi connectivity index (χ0) is 61.9. The molecule has 0 saturated heterocycles. The van der Waals surface area contributed by atoms with Gasteiger partial charge in [0, 0.05) is 6.42 Å². The minimum absolute atomic E-state index is 0.0124. The lowest BCUT2D eigenvalue weighted by atomic mass is 10.0. The quantitative estimate of drug-likeness (QED) is 0.0272. The number of likely N-dealkylation sites (N-methyl/N-ethyl adjacent to an activating group) is 1. The van der Waals surface area contributed by atoms with Crippen LogP contribution in [0.5, 0.6) is 0 Å². The van der Waals surface area contributed by atoms with Gasteiger partial charge in [-0.25, -0.2) is 0 Å². The van der Waals surface area contributed by atoms with Gasteiger partial charge in [0.2, 0.25) is 5.91 Å². The van der Waals surface area contributed by atoms with Gasteiger partial charge in [-0.1, -0.05) is 315 Å². The second-order valence-electron chi connectivity index (χ2n) is 24.8. The van der Waals surface area contributed by atoms with Gasteiger partial charge in [-0.15, -0.1) is 0 Å². The Balaban J connectivity index is 4.09. The number of rotatable bonds is 64. The zero-order valence-electron chi connectivity index (χ0n) is 56.0. The van der Waals surface area contributed by atoms with E-state index in [0.29, 0.717) is 17.4 Å². The maximum atomic E-state index is 13.0. The van der Waals surface area contributed by atoms with Crippen LogP contribution in [0, 0.1) is 0 Å². The first-order valence-electron chi connectivity index (χ1n) is 35.4. The molecule has 0 radical (unpaired) electrons. The highest BCUT2D eigenvalue weighted by atomic mass is 31.2. The van der Waals surface area contributed by atoms with E-state index in [4.69, 9.17) is 9.05 Å². The average molecular weight is 1200 g/mol. The Hall–Kier alpha value is -3.10. The number of aliphatic hydroxyl groups is 1. The molecule has 0 aromatic carbocycles. The van der Waals surface area contributed by atoms with E-state index < -0.39 is 26.6 Å². The predicted octanol–water partition coefficient (Wildman–Crippen LogP) is 22.2. The highest BCUT2D eigenvalue weighted by molar-refractivity contribution is 7.45. The van der Waals surface area contributed by atoms with Crippen LogP contribution in [-0.2, 0) is 18.4 Å². The monoisotopic (exact) mass is 1200 g/mol. The summed E-state index contributed by atoms with van der Waals surface area (Å²) in [6, 6.07) is -0.917. The van der Waals surface area contributed by atoms with E-state index in [-0.39, 0.29) is 12.5 Å². The molecule has 3 atom stereocenters. The summed E-state index contributed by atoms with van der Waals surface area (Å²) in [6.45, 7) is 4.53. The van der Waals surface area contributed by atoms with Crippen molar-refractivity contribution in [2.75, 3.05) is 40.9 Å². The van der Waals surface area contributed by atoms with E-state index in [0.717, 1.165) is 89.9 Å². The maximum absolute atomic E-state index is 13.0. The fraction of sp³-hybridized carbons (Fsp3) is 0.724. The second-order valence-corrected chi connectivity index (χ2v) is 26.2. The number of carbonyl (C=O) groups excluding carboxylic acids is 1. The van der Waals surface area contributed by atoms with Crippen molar-refractivity contribution in [2.24, 2.45) is 0 Å². The summed E-state index contributed by atoms with van der Waals surface area (Å²) >= 11 is 0. The number of allylic oxidation sites excluding steroid dienone is 19. The van der Waals surface area contributed by atoms with E-state index in [9.17, 15) is 19.4 Å². The third kappa shape index (κ3) is 68.3. The second kappa shape index (κ2) is 65.3. The molecule has 0 aromatic rings. The summed E-state index contributed by atoms with van der Waals surface area (Å²) in [6.07, 6.45) is 97.5. The molecule has 0 aromatic heterocycles. The average Bonchev–Trinajstić information content (AvgIpc) is 3.49. The van der Waals surface area contributed by atoms with Gasteiger partial charge in [0.05, 0.1) is 39.9 Å². The highest BCUT2D eigenvalue weighted by Crippen LogP contribution is 2.38. The van der Waals surface area contributed by atoms with Crippen LogP contribution < -0.4 is 10.2 Å². The summed E-state index contributed by atoms with van der Waals surface area (Å²) in [7, 11) is 1.23. The fourth-order valence-electron chi connectivity index (χ4n) is 9.93. The highest BCUT2D eigenvalue weighted by Gasteiger charge is 2.23.